The van der Waals surface area contributed by atoms with E-state index in [1.807, 2.05) is 11.8 Å². The van der Waals surface area contributed by atoms with Crippen LogP contribution in [0.15, 0.2) is 17.3 Å². The Hall–Kier alpha value is -0.960. The van der Waals surface area contributed by atoms with Gasteiger partial charge in [0, 0.05) is 5.75 Å². The molecule has 0 aliphatic carbocycles. The lowest BCUT2D eigenvalue weighted by Crippen LogP contribution is -1.89. The summed E-state index contributed by atoms with van der Waals surface area (Å²) in [5.41, 5.74) is 4.86. The first-order valence-corrected chi connectivity index (χ1v) is 7.14. The van der Waals surface area contributed by atoms with Crippen molar-refractivity contribution in [2.24, 2.45) is 5.92 Å². The number of benzene rings is 1. The molecule has 0 spiro atoms. The average molecular weight is 248 g/mol. The lowest BCUT2D eigenvalue weighted by atomic mass is 10.1. The molecule has 1 N–H and O–H groups in total. The number of rotatable bonds is 4. The number of thioether (sulfide) groups is 1. The maximum absolute atomic E-state index is 4.62. The van der Waals surface area contributed by atoms with E-state index in [4.69, 9.17) is 0 Å². The van der Waals surface area contributed by atoms with Crippen molar-refractivity contribution >= 4 is 22.8 Å². The molecule has 2 rings (SSSR count). The van der Waals surface area contributed by atoms with Crippen LogP contribution in [0.3, 0.4) is 0 Å². The van der Waals surface area contributed by atoms with E-state index in [0.29, 0.717) is 0 Å². The molecule has 0 radical (unpaired) electrons. The number of H-pyrrole nitrogens is 1. The Bertz CT molecular complexity index is 475. The van der Waals surface area contributed by atoms with Crippen LogP contribution in [-0.4, -0.2) is 15.7 Å². The van der Waals surface area contributed by atoms with Gasteiger partial charge in [-0.15, -0.1) is 0 Å². The molecule has 17 heavy (non-hydrogen) atoms. The minimum atomic E-state index is 0.761. The smallest absolute Gasteiger partial charge is 0.166 e. The second kappa shape index (κ2) is 5.13. The summed E-state index contributed by atoms with van der Waals surface area (Å²) >= 11 is 1.82. The predicted molar refractivity (Wildman–Crippen MR) is 75.7 cm³/mol. The second-order valence-electron chi connectivity index (χ2n) is 5.03. The van der Waals surface area contributed by atoms with Crippen LogP contribution in [0, 0.1) is 19.8 Å². The van der Waals surface area contributed by atoms with Crippen molar-refractivity contribution in [3.63, 3.8) is 0 Å². The first-order valence-electron chi connectivity index (χ1n) is 6.16. The van der Waals surface area contributed by atoms with E-state index in [1.165, 1.54) is 17.5 Å². The maximum Gasteiger partial charge on any atom is 0.166 e. The first-order chi connectivity index (χ1) is 8.06. The summed E-state index contributed by atoms with van der Waals surface area (Å²) in [7, 11) is 0. The Kier molecular flexibility index (Phi) is 3.77. The molecule has 2 nitrogen and oxygen atoms in total. The third-order valence-corrected chi connectivity index (χ3v) is 3.92. The monoisotopic (exact) mass is 248 g/mol. The number of nitrogens with zero attached hydrogens (tertiary/aromatic N) is 1. The van der Waals surface area contributed by atoms with Crippen LogP contribution in [0.2, 0.25) is 0 Å². The number of aryl methyl sites for hydroxylation is 2. The van der Waals surface area contributed by atoms with Crippen LogP contribution >= 0.6 is 11.8 Å². The zero-order valence-corrected chi connectivity index (χ0v) is 11.8. The van der Waals surface area contributed by atoms with E-state index >= 15 is 0 Å². The molecule has 1 aromatic heterocycles. The average Bonchev–Trinajstić information content (AvgIpc) is 2.60. The van der Waals surface area contributed by atoms with Crippen molar-refractivity contribution in [3.05, 3.63) is 23.3 Å². The molecule has 0 atom stereocenters. The van der Waals surface area contributed by atoms with Gasteiger partial charge in [-0.05, 0) is 49.4 Å². The number of hydrogen-bond donors (Lipinski definition) is 1. The lowest BCUT2D eigenvalue weighted by molar-refractivity contribution is 0.631. The van der Waals surface area contributed by atoms with Gasteiger partial charge in [0.1, 0.15) is 0 Å². The third-order valence-electron chi connectivity index (χ3n) is 3.01. The molecule has 1 heterocycles. The van der Waals surface area contributed by atoms with Gasteiger partial charge in [0.25, 0.3) is 0 Å². The Labute approximate surface area is 107 Å². The molecule has 0 aliphatic rings. The Morgan fingerprint density at radius 3 is 2.65 bits per heavy atom. The highest BCUT2D eigenvalue weighted by atomic mass is 32.2. The van der Waals surface area contributed by atoms with Gasteiger partial charge in [-0.3, -0.25) is 0 Å². The molecule has 0 aliphatic heterocycles. The summed E-state index contributed by atoms with van der Waals surface area (Å²) in [5.74, 6) is 1.89. The van der Waals surface area contributed by atoms with Crippen molar-refractivity contribution in [1.82, 2.24) is 9.97 Å². The summed E-state index contributed by atoms with van der Waals surface area (Å²) in [5, 5.41) is 1.05. The van der Waals surface area contributed by atoms with Crippen molar-refractivity contribution < 1.29 is 0 Å². The number of aromatic amines is 1. The zero-order valence-electron chi connectivity index (χ0n) is 11.0. The van der Waals surface area contributed by atoms with Crippen LogP contribution < -0.4 is 0 Å². The van der Waals surface area contributed by atoms with Gasteiger partial charge in [-0.2, -0.15) is 0 Å². The summed E-state index contributed by atoms with van der Waals surface area (Å²) in [4.78, 5) is 8.01. The highest BCUT2D eigenvalue weighted by Crippen LogP contribution is 2.23. The van der Waals surface area contributed by atoms with Crippen LogP contribution in [0.5, 0.6) is 0 Å². The second-order valence-corrected chi connectivity index (χ2v) is 6.11. The summed E-state index contributed by atoms with van der Waals surface area (Å²) in [6.07, 6.45) is 1.24. The standard InChI is InChI=1S/C14H20N2S/c1-9(2)5-6-17-14-15-12-7-10(3)11(4)8-13(12)16-14/h7-9H,5-6H2,1-4H3,(H,15,16). The van der Waals surface area contributed by atoms with E-state index in [2.05, 4.69) is 49.8 Å². The van der Waals surface area contributed by atoms with Gasteiger partial charge >= 0.3 is 0 Å². The van der Waals surface area contributed by atoms with Crippen LogP contribution in [0.25, 0.3) is 11.0 Å². The molecule has 2 aromatic rings. The fourth-order valence-corrected chi connectivity index (χ4v) is 2.83. The fraction of sp³-hybridized carbons (Fsp3) is 0.500. The van der Waals surface area contributed by atoms with Crippen molar-refractivity contribution in [2.75, 3.05) is 5.75 Å². The molecule has 0 amide bonds. The summed E-state index contributed by atoms with van der Waals surface area (Å²) in [6, 6.07) is 4.35. The number of imidazole rings is 1. The number of fused-ring (bicyclic) bond motifs is 1. The molecule has 0 saturated carbocycles. The van der Waals surface area contributed by atoms with Gasteiger partial charge in [0.15, 0.2) is 5.16 Å². The topological polar surface area (TPSA) is 28.7 Å². The first kappa shape index (κ1) is 12.5. The zero-order chi connectivity index (χ0) is 12.4. The SMILES string of the molecule is Cc1cc2nc(SCCC(C)C)[nH]c2cc1C. The lowest BCUT2D eigenvalue weighted by Gasteiger charge is -2.01. The highest BCUT2D eigenvalue weighted by molar-refractivity contribution is 7.99. The molecular weight excluding hydrogens is 228 g/mol. The maximum atomic E-state index is 4.62. The molecule has 0 saturated heterocycles. The van der Waals surface area contributed by atoms with Crippen molar-refractivity contribution in [1.29, 1.82) is 0 Å². The van der Waals surface area contributed by atoms with E-state index in [0.717, 1.165) is 27.9 Å². The number of hydrogen-bond acceptors (Lipinski definition) is 2. The molecule has 0 bridgehead atoms. The normalized spacial score (nSPS) is 11.6. The van der Waals surface area contributed by atoms with Crippen LogP contribution in [0.1, 0.15) is 31.4 Å². The predicted octanol–water partition coefficient (Wildman–Crippen LogP) is 4.32. The van der Waals surface area contributed by atoms with Gasteiger partial charge in [-0.25, -0.2) is 4.98 Å². The van der Waals surface area contributed by atoms with Gasteiger partial charge < -0.3 is 4.98 Å². The largest absolute Gasteiger partial charge is 0.333 e. The molecule has 0 unspecified atom stereocenters. The molecule has 92 valence electrons. The highest BCUT2D eigenvalue weighted by Gasteiger charge is 2.05. The Balaban J connectivity index is 2.14. The summed E-state index contributed by atoms with van der Waals surface area (Å²) < 4.78 is 0. The minimum absolute atomic E-state index is 0.761. The van der Waals surface area contributed by atoms with Gasteiger partial charge in [-0.1, -0.05) is 25.6 Å². The van der Waals surface area contributed by atoms with Crippen LogP contribution in [-0.2, 0) is 0 Å². The summed E-state index contributed by atoms with van der Waals surface area (Å²) in [6.45, 7) is 8.79. The van der Waals surface area contributed by atoms with E-state index in [1.54, 1.807) is 0 Å². The Morgan fingerprint density at radius 2 is 1.94 bits per heavy atom. The van der Waals surface area contributed by atoms with Crippen molar-refractivity contribution in [2.45, 2.75) is 39.3 Å². The Morgan fingerprint density at radius 1 is 1.24 bits per heavy atom. The quantitative estimate of drug-likeness (QED) is 0.816. The van der Waals surface area contributed by atoms with Gasteiger partial charge in [0.2, 0.25) is 0 Å². The molecule has 3 heteroatoms. The molecule has 0 fully saturated rings. The molecular formula is C14H20N2S. The van der Waals surface area contributed by atoms with E-state index in [9.17, 15) is 0 Å². The number of aromatic nitrogens is 2. The third kappa shape index (κ3) is 3.03. The van der Waals surface area contributed by atoms with Crippen LogP contribution in [0.4, 0.5) is 0 Å². The van der Waals surface area contributed by atoms with E-state index < -0.39 is 0 Å². The fourth-order valence-electron chi connectivity index (χ4n) is 1.71. The van der Waals surface area contributed by atoms with Crippen molar-refractivity contribution in [3.8, 4) is 0 Å². The van der Waals surface area contributed by atoms with E-state index in [-0.39, 0.29) is 0 Å². The molecule has 1 aromatic carbocycles. The van der Waals surface area contributed by atoms with Gasteiger partial charge in [0.05, 0.1) is 11.0 Å². The number of nitrogens with one attached hydrogen (secondary N) is 1. The minimum Gasteiger partial charge on any atom is -0.333 e.